The smallest absolute Gasteiger partial charge is 0.164 e. The van der Waals surface area contributed by atoms with E-state index < -0.39 is 0 Å². The molecule has 0 aromatic heterocycles. The zero-order chi connectivity index (χ0) is 11.9. The number of ether oxygens (including phenoxy) is 2. The van der Waals surface area contributed by atoms with E-state index in [0.29, 0.717) is 11.7 Å². The molecule has 3 nitrogen and oxygen atoms in total. The van der Waals surface area contributed by atoms with Crippen molar-refractivity contribution in [2.45, 2.75) is 38.7 Å². The molecular weight excluding hydrogens is 204 g/mol. The number of phenolic OH excluding ortho intramolecular Hbond substituents is 1. The Hall–Kier alpha value is -1.38. The van der Waals surface area contributed by atoms with Crippen LogP contribution in [-0.2, 0) is 0 Å². The Morgan fingerprint density at radius 2 is 2.12 bits per heavy atom. The normalized spacial score (nSPS) is 22.1. The van der Waals surface area contributed by atoms with Crippen molar-refractivity contribution in [3.63, 3.8) is 0 Å². The highest BCUT2D eigenvalue weighted by Crippen LogP contribution is 2.45. The van der Waals surface area contributed by atoms with E-state index in [0.717, 1.165) is 17.7 Å². The monoisotopic (exact) mass is 222 g/mol. The predicted octanol–water partition coefficient (Wildman–Crippen LogP) is 3.07. The third kappa shape index (κ3) is 1.82. The first-order chi connectivity index (χ1) is 7.43. The third-order valence-electron chi connectivity index (χ3n) is 3.03. The number of aromatic hydroxyl groups is 1. The average Bonchev–Trinajstić information content (AvgIpc) is 2.17. The van der Waals surface area contributed by atoms with E-state index in [-0.39, 0.29) is 11.4 Å². The van der Waals surface area contributed by atoms with Crippen molar-refractivity contribution in [2.75, 3.05) is 7.11 Å². The summed E-state index contributed by atoms with van der Waals surface area (Å²) in [5.74, 6) is 1.84. The van der Waals surface area contributed by atoms with Gasteiger partial charge in [-0.25, -0.2) is 0 Å². The first-order valence-electron chi connectivity index (χ1n) is 5.53. The highest BCUT2D eigenvalue weighted by atomic mass is 16.5. The van der Waals surface area contributed by atoms with Crippen LogP contribution >= 0.6 is 0 Å². The van der Waals surface area contributed by atoms with E-state index >= 15 is 0 Å². The van der Waals surface area contributed by atoms with Gasteiger partial charge < -0.3 is 14.6 Å². The summed E-state index contributed by atoms with van der Waals surface area (Å²) < 4.78 is 11.0. The van der Waals surface area contributed by atoms with E-state index in [1.807, 2.05) is 0 Å². The molecule has 0 saturated carbocycles. The van der Waals surface area contributed by atoms with Crippen LogP contribution in [0.3, 0.4) is 0 Å². The fourth-order valence-electron chi connectivity index (χ4n) is 2.39. The minimum absolute atomic E-state index is 0.158. The van der Waals surface area contributed by atoms with Crippen molar-refractivity contribution in [1.29, 1.82) is 0 Å². The second-order valence-electron chi connectivity index (χ2n) is 5.03. The summed E-state index contributed by atoms with van der Waals surface area (Å²) in [6.45, 7) is 6.30. The lowest BCUT2D eigenvalue weighted by atomic mass is 9.85. The van der Waals surface area contributed by atoms with Crippen LogP contribution in [0.1, 0.15) is 38.7 Å². The van der Waals surface area contributed by atoms with Gasteiger partial charge in [-0.3, -0.25) is 0 Å². The van der Waals surface area contributed by atoms with Crippen molar-refractivity contribution in [3.8, 4) is 17.2 Å². The van der Waals surface area contributed by atoms with Crippen molar-refractivity contribution in [1.82, 2.24) is 0 Å². The summed E-state index contributed by atoms with van der Waals surface area (Å²) in [4.78, 5) is 0. The van der Waals surface area contributed by atoms with E-state index in [1.54, 1.807) is 19.2 Å². The van der Waals surface area contributed by atoms with Crippen molar-refractivity contribution < 1.29 is 14.6 Å². The molecule has 1 aliphatic rings. The van der Waals surface area contributed by atoms with E-state index in [1.165, 1.54) is 0 Å². The molecule has 16 heavy (non-hydrogen) atoms. The largest absolute Gasteiger partial charge is 0.504 e. The van der Waals surface area contributed by atoms with Crippen LogP contribution in [0.5, 0.6) is 17.2 Å². The van der Waals surface area contributed by atoms with Crippen LogP contribution in [0.15, 0.2) is 12.1 Å². The fraction of sp³-hybridized carbons (Fsp3) is 0.538. The van der Waals surface area contributed by atoms with Crippen LogP contribution in [0.4, 0.5) is 0 Å². The second-order valence-corrected chi connectivity index (χ2v) is 5.03. The van der Waals surface area contributed by atoms with Gasteiger partial charge in [-0.15, -0.1) is 0 Å². The zero-order valence-corrected chi connectivity index (χ0v) is 10.2. The molecule has 0 fully saturated rings. The number of benzene rings is 1. The molecule has 1 aromatic carbocycles. The molecule has 0 aliphatic carbocycles. The van der Waals surface area contributed by atoms with Crippen LogP contribution < -0.4 is 9.47 Å². The Morgan fingerprint density at radius 1 is 1.44 bits per heavy atom. The molecule has 1 aliphatic heterocycles. The molecule has 1 unspecified atom stereocenters. The van der Waals surface area contributed by atoms with Crippen LogP contribution in [-0.4, -0.2) is 17.8 Å². The Bertz CT molecular complexity index is 410. The van der Waals surface area contributed by atoms with Crippen LogP contribution in [0.25, 0.3) is 0 Å². The number of methoxy groups -OCH3 is 1. The molecule has 1 heterocycles. The second kappa shape index (κ2) is 3.58. The topological polar surface area (TPSA) is 38.7 Å². The molecule has 0 saturated heterocycles. The summed E-state index contributed by atoms with van der Waals surface area (Å²) >= 11 is 0. The molecule has 0 spiro atoms. The molecule has 0 amide bonds. The van der Waals surface area contributed by atoms with Crippen LogP contribution in [0.2, 0.25) is 0 Å². The molecule has 2 rings (SSSR count). The standard InChI is InChI=1S/C13H18O3/c1-8-7-13(2,3)16-11-6-12(15-4)10(14)5-9(8)11/h5-6,8,14H,7H2,1-4H3. The molecule has 0 radical (unpaired) electrons. The predicted molar refractivity (Wildman–Crippen MR) is 62.4 cm³/mol. The lowest BCUT2D eigenvalue weighted by molar-refractivity contribution is 0.0740. The average molecular weight is 222 g/mol. The molecule has 1 N–H and O–H groups in total. The fourth-order valence-corrected chi connectivity index (χ4v) is 2.39. The molecule has 88 valence electrons. The highest BCUT2D eigenvalue weighted by molar-refractivity contribution is 5.52. The number of hydrogen-bond donors (Lipinski definition) is 1. The number of phenols is 1. The van der Waals surface area contributed by atoms with Gasteiger partial charge in [0.1, 0.15) is 11.4 Å². The minimum atomic E-state index is -0.158. The summed E-state index contributed by atoms with van der Waals surface area (Å²) in [5.41, 5.74) is 0.895. The van der Waals surface area contributed by atoms with Crippen LogP contribution in [0, 0.1) is 0 Å². The van der Waals surface area contributed by atoms with E-state index in [4.69, 9.17) is 9.47 Å². The van der Waals surface area contributed by atoms with Crippen molar-refractivity contribution >= 4 is 0 Å². The van der Waals surface area contributed by atoms with Gasteiger partial charge in [0.25, 0.3) is 0 Å². The maximum atomic E-state index is 9.73. The maximum Gasteiger partial charge on any atom is 0.164 e. The van der Waals surface area contributed by atoms with E-state index in [2.05, 4.69) is 20.8 Å². The van der Waals surface area contributed by atoms with Gasteiger partial charge in [-0.1, -0.05) is 6.92 Å². The Kier molecular flexibility index (Phi) is 2.49. The Morgan fingerprint density at radius 3 is 2.75 bits per heavy atom. The third-order valence-corrected chi connectivity index (χ3v) is 3.03. The Balaban J connectivity index is 2.49. The zero-order valence-electron chi connectivity index (χ0n) is 10.2. The minimum Gasteiger partial charge on any atom is -0.504 e. The van der Waals surface area contributed by atoms with Gasteiger partial charge in [0.05, 0.1) is 7.11 Å². The lowest BCUT2D eigenvalue weighted by Gasteiger charge is -2.36. The summed E-state index contributed by atoms with van der Waals surface area (Å²) in [6.07, 6.45) is 0.950. The number of hydrogen-bond acceptors (Lipinski definition) is 3. The van der Waals surface area contributed by atoms with Gasteiger partial charge in [-0.2, -0.15) is 0 Å². The summed E-state index contributed by atoms with van der Waals surface area (Å²) in [5, 5.41) is 9.73. The van der Waals surface area contributed by atoms with Crippen molar-refractivity contribution in [3.05, 3.63) is 17.7 Å². The SMILES string of the molecule is COc1cc2c(cc1O)C(C)CC(C)(C)O2. The summed E-state index contributed by atoms with van der Waals surface area (Å²) in [7, 11) is 1.54. The Labute approximate surface area is 96.0 Å². The molecule has 1 atom stereocenters. The van der Waals surface area contributed by atoms with Gasteiger partial charge in [0.15, 0.2) is 11.5 Å². The van der Waals surface area contributed by atoms with Gasteiger partial charge in [0, 0.05) is 11.6 Å². The number of rotatable bonds is 1. The lowest BCUT2D eigenvalue weighted by Crippen LogP contribution is -2.34. The quantitative estimate of drug-likeness (QED) is 0.793. The van der Waals surface area contributed by atoms with Crippen molar-refractivity contribution in [2.24, 2.45) is 0 Å². The number of fused-ring (bicyclic) bond motifs is 1. The highest BCUT2D eigenvalue weighted by Gasteiger charge is 2.32. The molecule has 1 aromatic rings. The first-order valence-corrected chi connectivity index (χ1v) is 5.53. The van der Waals surface area contributed by atoms with Gasteiger partial charge in [0.2, 0.25) is 0 Å². The molecule has 0 bridgehead atoms. The molecular formula is C13H18O3. The summed E-state index contributed by atoms with van der Waals surface area (Å²) in [6, 6.07) is 3.51. The maximum absolute atomic E-state index is 9.73. The van der Waals surface area contributed by atoms with Gasteiger partial charge >= 0.3 is 0 Å². The van der Waals surface area contributed by atoms with Gasteiger partial charge in [-0.05, 0) is 32.3 Å². The first kappa shape index (κ1) is 11.1. The molecule has 3 heteroatoms. The van der Waals surface area contributed by atoms with E-state index in [9.17, 15) is 5.11 Å².